The molecule has 132 valence electrons. The Kier molecular flexibility index (Phi) is 5.58. The molecule has 1 aliphatic rings. The van der Waals surface area contributed by atoms with Gasteiger partial charge in [-0.15, -0.1) is 11.3 Å². The zero-order chi connectivity index (χ0) is 17.6. The molecule has 0 bridgehead atoms. The van der Waals surface area contributed by atoms with E-state index in [4.69, 9.17) is 0 Å². The molecule has 1 aromatic carbocycles. The van der Waals surface area contributed by atoms with Gasteiger partial charge in [-0.05, 0) is 59.9 Å². The highest BCUT2D eigenvalue weighted by molar-refractivity contribution is 7.11. The summed E-state index contributed by atoms with van der Waals surface area (Å²) < 4.78 is 0. The van der Waals surface area contributed by atoms with Crippen LogP contribution in [0.1, 0.15) is 29.7 Å². The third-order valence-corrected chi connectivity index (χ3v) is 5.92. The zero-order valence-corrected chi connectivity index (χ0v) is 15.7. The van der Waals surface area contributed by atoms with Crippen LogP contribution in [0.25, 0.3) is 16.7 Å². The van der Waals surface area contributed by atoms with Crippen molar-refractivity contribution in [2.75, 3.05) is 6.54 Å². The molecule has 0 fully saturated rings. The van der Waals surface area contributed by atoms with E-state index in [2.05, 4.69) is 70.3 Å². The summed E-state index contributed by atoms with van der Waals surface area (Å²) >= 11 is 1.85. The standard InChI is InChI=1S/C23H24N2S/c1-2-7-19(8-3-1)21-14-18(16-24-17-21)6-4-9-22-15-20(11-12-25-22)23-10-5-13-26-23/h1-3,5,7-8,10-11,13-14,16-17,22,25H,4,6,9,12,15H2. The van der Waals surface area contributed by atoms with Crippen molar-refractivity contribution in [3.63, 3.8) is 0 Å². The summed E-state index contributed by atoms with van der Waals surface area (Å²) in [5, 5.41) is 5.81. The van der Waals surface area contributed by atoms with Crippen molar-refractivity contribution in [1.29, 1.82) is 0 Å². The summed E-state index contributed by atoms with van der Waals surface area (Å²) in [6.07, 6.45) is 10.9. The summed E-state index contributed by atoms with van der Waals surface area (Å²) in [5.41, 5.74) is 5.29. The van der Waals surface area contributed by atoms with E-state index in [9.17, 15) is 0 Å². The summed E-state index contributed by atoms with van der Waals surface area (Å²) in [6, 6.07) is 17.7. The number of hydrogen-bond acceptors (Lipinski definition) is 3. The minimum absolute atomic E-state index is 0.586. The van der Waals surface area contributed by atoms with Crippen molar-refractivity contribution in [3.8, 4) is 11.1 Å². The molecule has 0 amide bonds. The van der Waals surface area contributed by atoms with E-state index in [0.717, 1.165) is 19.4 Å². The molecule has 2 nitrogen and oxygen atoms in total. The van der Waals surface area contributed by atoms with Crippen LogP contribution in [0.2, 0.25) is 0 Å². The Balaban J connectivity index is 1.32. The Labute approximate surface area is 159 Å². The molecule has 4 rings (SSSR count). The summed E-state index contributed by atoms with van der Waals surface area (Å²) in [5.74, 6) is 0. The van der Waals surface area contributed by atoms with Gasteiger partial charge in [0.05, 0.1) is 0 Å². The maximum absolute atomic E-state index is 4.45. The highest BCUT2D eigenvalue weighted by Gasteiger charge is 2.16. The van der Waals surface area contributed by atoms with Gasteiger partial charge in [0, 0.05) is 35.4 Å². The lowest BCUT2D eigenvalue weighted by Crippen LogP contribution is -2.32. The Hall–Kier alpha value is -2.23. The molecule has 3 heteroatoms. The Morgan fingerprint density at radius 3 is 2.81 bits per heavy atom. The van der Waals surface area contributed by atoms with Gasteiger partial charge >= 0.3 is 0 Å². The number of benzene rings is 1. The molecule has 1 aliphatic heterocycles. The number of pyridine rings is 1. The average Bonchev–Trinajstić information content (AvgIpc) is 3.24. The first-order valence-corrected chi connectivity index (χ1v) is 10.2. The van der Waals surface area contributed by atoms with Gasteiger partial charge in [0.25, 0.3) is 0 Å². The van der Waals surface area contributed by atoms with Crippen LogP contribution in [0.5, 0.6) is 0 Å². The summed E-state index contributed by atoms with van der Waals surface area (Å²) in [6.45, 7) is 0.989. The fraction of sp³-hybridized carbons (Fsp3) is 0.261. The van der Waals surface area contributed by atoms with Crippen LogP contribution in [0.15, 0.2) is 72.4 Å². The molecule has 3 heterocycles. The summed E-state index contributed by atoms with van der Waals surface area (Å²) in [4.78, 5) is 5.88. The van der Waals surface area contributed by atoms with Gasteiger partial charge in [0.1, 0.15) is 0 Å². The largest absolute Gasteiger partial charge is 0.310 e. The molecule has 3 aromatic rings. The van der Waals surface area contributed by atoms with Crippen LogP contribution < -0.4 is 5.32 Å². The number of hydrogen-bond donors (Lipinski definition) is 1. The molecule has 0 aliphatic carbocycles. The van der Waals surface area contributed by atoms with Crippen molar-refractivity contribution in [1.82, 2.24) is 10.3 Å². The lowest BCUT2D eigenvalue weighted by atomic mass is 9.95. The topological polar surface area (TPSA) is 24.9 Å². The lowest BCUT2D eigenvalue weighted by Gasteiger charge is -2.24. The van der Waals surface area contributed by atoms with Crippen LogP contribution in [-0.2, 0) is 6.42 Å². The smallest absolute Gasteiger partial charge is 0.0346 e. The van der Waals surface area contributed by atoms with Crippen molar-refractivity contribution in [2.24, 2.45) is 0 Å². The van der Waals surface area contributed by atoms with Crippen LogP contribution in [0, 0.1) is 0 Å². The monoisotopic (exact) mass is 360 g/mol. The molecule has 0 spiro atoms. The highest BCUT2D eigenvalue weighted by atomic mass is 32.1. The summed E-state index contributed by atoms with van der Waals surface area (Å²) in [7, 11) is 0. The normalized spacial score (nSPS) is 17.1. The van der Waals surface area contributed by atoms with Crippen LogP contribution >= 0.6 is 11.3 Å². The minimum Gasteiger partial charge on any atom is -0.310 e. The first kappa shape index (κ1) is 17.2. The van der Waals surface area contributed by atoms with Crippen LogP contribution in [0.4, 0.5) is 0 Å². The highest BCUT2D eigenvalue weighted by Crippen LogP contribution is 2.28. The molecule has 1 unspecified atom stereocenters. The van der Waals surface area contributed by atoms with Crippen molar-refractivity contribution >= 4 is 16.9 Å². The molecular formula is C23H24N2S. The van der Waals surface area contributed by atoms with E-state index < -0.39 is 0 Å². The van der Waals surface area contributed by atoms with E-state index in [-0.39, 0.29) is 0 Å². The van der Waals surface area contributed by atoms with Gasteiger partial charge in [-0.2, -0.15) is 0 Å². The van der Waals surface area contributed by atoms with Gasteiger partial charge in [0.2, 0.25) is 0 Å². The third kappa shape index (κ3) is 4.29. The maximum atomic E-state index is 4.45. The lowest BCUT2D eigenvalue weighted by molar-refractivity contribution is 0.485. The molecule has 0 saturated carbocycles. The second-order valence-electron chi connectivity index (χ2n) is 6.86. The van der Waals surface area contributed by atoms with E-state index in [1.165, 1.54) is 40.0 Å². The molecule has 0 saturated heterocycles. The van der Waals surface area contributed by atoms with Crippen molar-refractivity contribution in [2.45, 2.75) is 31.7 Å². The SMILES string of the molecule is C1=C(c2cccs2)CC(CCCc2cncc(-c3ccccc3)c2)NC1. The van der Waals surface area contributed by atoms with E-state index in [1.54, 1.807) is 0 Å². The molecule has 2 aromatic heterocycles. The predicted octanol–water partition coefficient (Wildman–Crippen LogP) is 5.58. The maximum Gasteiger partial charge on any atom is 0.0346 e. The van der Waals surface area contributed by atoms with Crippen molar-refractivity contribution < 1.29 is 0 Å². The first-order chi connectivity index (χ1) is 12.9. The number of aromatic nitrogens is 1. The predicted molar refractivity (Wildman–Crippen MR) is 111 cm³/mol. The molecule has 0 radical (unpaired) electrons. The second kappa shape index (κ2) is 8.43. The fourth-order valence-corrected chi connectivity index (χ4v) is 4.38. The van der Waals surface area contributed by atoms with Gasteiger partial charge in [-0.1, -0.05) is 42.5 Å². The van der Waals surface area contributed by atoms with E-state index >= 15 is 0 Å². The average molecular weight is 361 g/mol. The first-order valence-electron chi connectivity index (χ1n) is 9.34. The van der Waals surface area contributed by atoms with E-state index in [1.807, 2.05) is 23.7 Å². The van der Waals surface area contributed by atoms with Gasteiger partial charge in [0.15, 0.2) is 0 Å². The van der Waals surface area contributed by atoms with Gasteiger partial charge < -0.3 is 5.32 Å². The number of nitrogens with one attached hydrogen (secondary N) is 1. The molecule has 26 heavy (non-hydrogen) atoms. The third-order valence-electron chi connectivity index (χ3n) is 4.98. The molecule has 1 atom stereocenters. The van der Waals surface area contributed by atoms with Gasteiger partial charge in [-0.3, -0.25) is 4.98 Å². The number of nitrogens with zero attached hydrogens (tertiary/aromatic N) is 1. The van der Waals surface area contributed by atoms with Crippen LogP contribution in [-0.4, -0.2) is 17.6 Å². The van der Waals surface area contributed by atoms with Gasteiger partial charge in [-0.25, -0.2) is 0 Å². The number of aryl methyl sites for hydroxylation is 1. The van der Waals surface area contributed by atoms with Crippen molar-refractivity contribution in [3.05, 3.63) is 82.8 Å². The molecular weight excluding hydrogens is 336 g/mol. The quantitative estimate of drug-likeness (QED) is 0.621. The fourth-order valence-electron chi connectivity index (χ4n) is 3.60. The van der Waals surface area contributed by atoms with Crippen LogP contribution in [0.3, 0.4) is 0 Å². The number of thiophene rings is 1. The molecule has 1 N–H and O–H groups in total. The Morgan fingerprint density at radius 2 is 1.96 bits per heavy atom. The zero-order valence-electron chi connectivity index (χ0n) is 14.9. The second-order valence-corrected chi connectivity index (χ2v) is 7.80. The number of rotatable bonds is 6. The Bertz CT molecular complexity index is 853. The Morgan fingerprint density at radius 1 is 1.04 bits per heavy atom. The minimum atomic E-state index is 0.586. The van der Waals surface area contributed by atoms with E-state index in [0.29, 0.717) is 6.04 Å².